The summed E-state index contributed by atoms with van der Waals surface area (Å²) in [6, 6.07) is 3.88. The van der Waals surface area contributed by atoms with Crippen LogP contribution >= 0.6 is 22.9 Å². The number of thiophene rings is 1. The molecule has 0 saturated heterocycles. The molecule has 0 radical (unpaired) electrons. The summed E-state index contributed by atoms with van der Waals surface area (Å²) in [7, 11) is 0. The van der Waals surface area contributed by atoms with Gasteiger partial charge < -0.3 is 0 Å². The molecule has 0 aromatic carbocycles. The van der Waals surface area contributed by atoms with Crippen LogP contribution in [0.15, 0.2) is 30.7 Å². The van der Waals surface area contributed by atoms with Crippen molar-refractivity contribution in [2.75, 3.05) is 0 Å². The van der Waals surface area contributed by atoms with E-state index in [2.05, 4.69) is 16.0 Å². The predicted octanol–water partition coefficient (Wildman–Crippen LogP) is 3.75. The Morgan fingerprint density at radius 2 is 2.27 bits per heavy atom. The Bertz CT molecular complexity index is 476. The van der Waals surface area contributed by atoms with Crippen LogP contribution in [-0.2, 0) is 0 Å². The molecule has 0 bridgehead atoms. The zero-order chi connectivity index (χ0) is 10.7. The van der Waals surface area contributed by atoms with E-state index in [1.807, 2.05) is 19.1 Å². The lowest BCUT2D eigenvalue weighted by Gasteiger charge is -1.97. The molecule has 0 saturated carbocycles. The van der Waals surface area contributed by atoms with E-state index in [4.69, 9.17) is 11.6 Å². The largest absolute Gasteiger partial charge is 0.261 e. The highest BCUT2D eigenvalue weighted by molar-refractivity contribution is 7.17. The maximum Gasteiger partial charge on any atom is 0.0934 e. The molecular weight excluding hydrogens is 228 g/mol. The second kappa shape index (κ2) is 4.55. The molecular formula is C11H9ClN2S. The predicted molar refractivity (Wildman–Crippen MR) is 64.9 cm³/mol. The Hall–Kier alpha value is -1.19. The zero-order valence-electron chi connectivity index (χ0n) is 8.14. The van der Waals surface area contributed by atoms with Gasteiger partial charge in [0.15, 0.2) is 0 Å². The van der Waals surface area contributed by atoms with Crippen molar-refractivity contribution in [1.82, 2.24) is 9.97 Å². The van der Waals surface area contributed by atoms with Crippen molar-refractivity contribution < 1.29 is 0 Å². The number of rotatable bonds is 2. The van der Waals surface area contributed by atoms with Crippen LogP contribution in [0.2, 0.25) is 4.34 Å². The minimum Gasteiger partial charge on any atom is -0.261 e. The number of hydrogen-bond donors (Lipinski definition) is 0. The van der Waals surface area contributed by atoms with E-state index in [0.29, 0.717) is 0 Å². The van der Waals surface area contributed by atoms with Gasteiger partial charge >= 0.3 is 0 Å². The van der Waals surface area contributed by atoms with E-state index in [1.165, 1.54) is 0 Å². The van der Waals surface area contributed by atoms with Crippen molar-refractivity contribution in [2.24, 2.45) is 0 Å². The second-order valence-electron chi connectivity index (χ2n) is 3.06. The van der Waals surface area contributed by atoms with E-state index < -0.39 is 0 Å². The van der Waals surface area contributed by atoms with Crippen LogP contribution in [0.1, 0.15) is 17.5 Å². The smallest absolute Gasteiger partial charge is 0.0934 e. The molecule has 0 atom stereocenters. The molecule has 15 heavy (non-hydrogen) atoms. The van der Waals surface area contributed by atoms with Crippen molar-refractivity contribution in [3.63, 3.8) is 0 Å². The van der Waals surface area contributed by atoms with Gasteiger partial charge in [0.25, 0.3) is 0 Å². The van der Waals surface area contributed by atoms with Gasteiger partial charge in [0.1, 0.15) is 0 Å². The first kappa shape index (κ1) is 10.3. The van der Waals surface area contributed by atoms with Gasteiger partial charge in [-0.3, -0.25) is 9.97 Å². The molecule has 0 aliphatic heterocycles. The number of aromatic nitrogens is 2. The number of halogens is 1. The third-order valence-corrected chi connectivity index (χ3v) is 3.10. The van der Waals surface area contributed by atoms with Gasteiger partial charge in [0.05, 0.1) is 16.2 Å². The van der Waals surface area contributed by atoms with E-state index in [0.717, 1.165) is 20.5 Å². The van der Waals surface area contributed by atoms with Crippen molar-refractivity contribution in [3.05, 3.63) is 45.6 Å². The van der Waals surface area contributed by atoms with Crippen molar-refractivity contribution >= 4 is 34.6 Å². The van der Waals surface area contributed by atoms with Crippen LogP contribution in [0, 0.1) is 0 Å². The fourth-order valence-electron chi connectivity index (χ4n) is 1.20. The molecule has 0 N–H and O–H groups in total. The molecule has 4 heteroatoms. The highest BCUT2D eigenvalue weighted by Crippen LogP contribution is 2.25. The van der Waals surface area contributed by atoms with Crippen LogP contribution in [0.4, 0.5) is 0 Å². The summed E-state index contributed by atoms with van der Waals surface area (Å²) in [6.07, 6.45) is 7.16. The molecule has 0 amide bonds. The molecule has 2 aromatic heterocycles. The topological polar surface area (TPSA) is 25.8 Å². The average Bonchev–Trinajstić information content (AvgIpc) is 2.65. The lowest BCUT2D eigenvalue weighted by Crippen LogP contribution is -1.85. The third kappa shape index (κ3) is 2.64. The molecule has 2 aromatic rings. The average molecular weight is 237 g/mol. The van der Waals surface area contributed by atoms with Crippen LogP contribution in [0.25, 0.3) is 11.6 Å². The SMILES string of the molecule is C/C(=C\c1ccc(Cl)s1)c1cnccn1. The van der Waals surface area contributed by atoms with E-state index >= 15 is 0 Å². The molecule has 0 aliphatic rings. The van der Waals surface area contributed by atoms with Gasteiger partial charge in [-0.15, -0.1) is 11.3 Å². The summed E-state index contributed by atoms with van der Waals surface area (Å²) < 4.78 is 0.799. The Labute approximate surface area is 97.3 Å². The second-order valence-corrected chi connectivity index (χ2v) is 4.81. The number of nitrogens with zero attached hydrogens (tertiary/aromatic N) is 2. The van der Waals surface area contributed by atoms with Crippen LogP contribution in [0.3, 0.4) is 0 Å². The highest BCUT2D eigenvalue weighted by atomic mass is 35.5. The van der Waals surface area contributed by atoms with Crippen LogP contribution < -0.4 is 0 Å². The Morgan fingerprint density at radius 3 is 2.87 bits per heavy atom. The maximum absolute atomic E-state index is 5.85. The number of allylic oxidation sites excluding steroid dienone is 1. The first-order valence-electron chi connectivity index (χ1n) is 4.46. The van der Waals surface area contributed by atoms with Gasteiger partial charge in [-0.1, -0.05) is 11.6 Å². The van der Waals surface area contributed by atoms with Crippen LogP contribution in [-0.4, -0.2) is 9.97 Å². The van der Waals surface area contributed by atoms with Gasteiger partial charge in [-0.2, -0.15) is 0 Å². The molecule has 2 rings (SSSR count). The maximum atomic E-state index is 5.85. The highest BCUT2D eigenvalue weighted by Gasteiger charge is 1.99. The molecule has 0 aliphatic carbocycles. The standard InChI is InChI=1S/C11H9ClN2S/c1-8(10-7-13-4-5-14-10)6-9-2-3-11(12)15-9/h2-7H,1H3/b8-6+. The molecule has 0 spiro atoms. The summed E-state index contributed by atoms with van der Waals surface area (Å²) in [5.74, 6) is 0. The Morgan fingerprint density at radius 1 is 1.40 bits per heavy atom. The first-order valence-corrected chi connectivity index (χ1v) is 5.65. The molecule has 0 unspecified atom stereocenters. The third-order valence-electron chi connectivity index (χ3n) is 1.92. The monoisotopic (exact) mass is 236 g/mol. The summed E-state index contributed by atoms with van der Waals surface area (Å²) in [6.45, 7) is 2.01. The van der Waals surface area contributed by atoms with Crippen molar-refractivity contribution in [1.29, 1.82) is 0 Å². The molecule has 0 fully saturated rings. The summed E-state index contributed by atoms with van der Waals surface area (Å²) >= 11 is 7.40. The van der Waals surface area contributed by atoms with Crippen LogP contribution in [0.5, 0.6) is 0 Å². The minimum absolute atomic E-state index is 0.799. The lowest BCUT2D eigenvalue weighted by atomic mass is 10.2. The molecule has 2 nitrogen and oxygen atoms in total. The van der Waals surface area contributed by atoms with Gasteiger partial charge in [0, 0.05) is 17.3 Å². The lowest BCUT2D eigenvalue weighted by molar-refractivity contribution is 1.17. The fraction of sp³-hybridized carbons (Fsp3) is 0.0909. The van der Waals surface area contributed by atoms with Gasteiger partial charge in [-0.25, -0.2) is 0 Å². The van der Waals surface area contributed by atoms with Crippen molar-refractivity contribution in [3.8, 4) is 0 Å². The Balaban J connectivity index is 2.28. The number of hydrogen-bond acceptors (Lipinski definition) is 3. The summed E-state index contributed by atoms with van der Waals surface area (Å²) in [4.78, 5) is 9.38. The van der Waals surface area contributed by atoms with Gasteiger partial charge in [0.2, 0.25) is 0 Å². The van der Waals surface area contributed by atoms with E-state index in [-0.39, 0.29) is 0 Å². The molecule has 2 heterocycles. The summed E-state index contributed by atoms with van der Waals surface area (Å²) in [5, 5.41) is 0. The Kier molecular flexibility index (Phi) is 3.14. The zero-order valence-corrected chi connectivity index (χ0v) is 9.72. The normalized spacial score (nSPS) is 11.7. The van der Waals surface area contributed by atoms with Crippen molar-refractivity contribution in [2.45, 2.75) is 6.92 Å². The first-order chi connectivity index (χ1) is 7.25. The summed E-state index contributed by atoms with van der Waals surface area (Å²) in [5.41, 5.74) is 1.98. The van der Waals surface area contributed by atoms with Gasteiger partial charge in [-0.05, 0) is 30.7 Å². The van der Waals surface area contributed by atoms with E-state index in [9.17, 15) is 0 Å². The minimum atomic E-state index is 0.799. The fourth-order valence-corrected chi connectivity index (χ4v) is 2.26. The quantitative estimate of drug-likeness (QED) is 0.794. The van der Waals surface area contributed by atoms with E-state index in [1.54, 1.807) is 29.9 Å². The molecule has 76 valence electrons.